The van der Waals surface area contributed by atoms with E-state index in [1.165, 1.54) is 0 Å². The van der Waals surface area contributed by atoms with Gasteiger partial charge in [0.05, 0.1) is 24.4 Å². The molecule has 0 aliphatic heterocycles. The van der Waals surface area contributed by atoms with Crippen LogP contribution < -0.4 is 15.4 Å². The number of hydrogen-bond acceptors (Lipinski definition) is 3. The third kappa shape index (κ3) is 4.74. The maximum atomic E-state index is 12.0. The lowest BCUT2D eigenvalue weighted by atomic mass is 10.0. The zero-order chi connectivity index (χ0) is 15.0. The average Bonchev–Trinajstić information content (AvgIpc) is 2.46. The van der Waals surface area contributed by atoms with Gasteiger partial charge in [-0.2, -0.15) is 0 Å². The van der Waals surface area contributed by atoms with Crippen molar-refractivity contribution in [3.63, 3.8) is 0 Å². The summed E-state index contributed by atoms with van der Waals surface area (Å²) in [6.45, 7) is 6.23. The molecule has 2 amide bonds. The van der Waals surface area contributed by atoms with Crippen molar-refractivity contribution in [2.75, 3.05) is 18.5 Å². The van der Waals surface area contributed by atoms with Gasteiger partial charge in [-0.15, -0.1) is 0 Å². The number of amides is 2. The van der Waals surface area contributed by atoms with Gasteiger partial charge in [0.15, 0.2) is 0 Å². The monoisotopic (exact) mass is 280 g/mol. The van der Waals surface area contributed by atoms with Crippen molar-refractivity contribution >= 4 is 11.7 Å². The first-order valence-electron chi connectivity index (χ1n) is 6.96. The highest BCUT2D eigenvalue weighted by Gasteiger charge is 2.23. The van der Waals surface area contributed by atoms with Gasteiger partial charge in [0.25, 0.3) is 0 Å². The number of carbonyl (C=O) groups excluding carboxylic acids is 1. The first kappa shape index (κ1) is 16.3. The number of para-hydroxylation sites is 2. The maximum absolute atomic E-state index is 12.0. The van der Waals surface area contributed by atoms with Gasteiger partial charge in [-0.1, -0.05) is 26.0 Å². The maximum Gasteiger partial charge on any atom is 0.319 e. The minimum absolute atomic E-state index is 0.106. The number of anilines is 1. The minimum Gasteiger partial charge on any atom is -0.491 e. The minimum atomic E-state index is -0.622. The number of benzene rings is 1. The van der Waals surface area contributed by atoms with E-state index in [1.807, 2.05) is 32.0 Å². The lowest BCUT2D eigenvalue weighted by molar-refractivity contribution is 0.172. The molecule has 0 aromatic heterocycles. The number of ether oxygens (including phenoxy) is 1. The molecule has 1 unspecified atom stereocenters. The summed E-state index contributed by atoms with van der Waals surface area (Å²) >= 11 is 0. The molecule has 0 aliphatic rings. The molecule has 5 heteroatoms. The molecule has 1 aromatic carbocycles. The molecule has 0 saturated carbocycles. The Morgan fingerprint density at radius 1 is 1.35 bits per heavy atom. The Hall–Kier alpha value is -1.75. The molecule has 0 saturated heterocycles. The molecule has 1 atom stereocenters. The smallest absolute Gasteiger partial charge is 0.319 e. The van der Waals surface area contributed by atoms with Gasteiger partial charge in [-0.05, 0) is 31.9 Å². The number of carbonyl (C=O) groups is 1. The van der Waals surface area contributed by atoms with E-state index in [1.54, 1.807) is 13.0 Å². The molecule has 0 fully saturated rings. The highest BCUT2D eigenvalue weighted by atomic mass is 16.5. The van der Waals surface area contributed by atoms with Crippen molar-refractivity contribution in [1.82, 2.24) is 5.32 Å². The van der Waals surface area contributed by atoms with Gasteiger partial charge in [0.2, 0.25) is 0 Å². The number of nitrogens with one attached hydrogen (secondary N) is 2. The standard InChI is InChI=1S/C15H24N2O3/c1-4-10-20-13-9-7-6-8-12(13)16-14(19)17-15(3,5-2)11-18/h6-9,18H,4-5,10-11H2,1-3H3,(H2,16,17,19). The number of rotatable bonds is 7. The van der Waals surface area contributed by atoms with Gasteiger partial charge in [-0.3, -0.25) is 0 Å². The van der Waals surface area contributed by atoms with Crippen molar-refractivity contribution in [1.29, 1.82) is 0 Å². The molecule has 0 radical (unpaired) electrons. The van der Waals surface area contributed by atoms with Gasteiger partial charge in [0, 0.05) is 0 Å². The predicted molar refractivity (Wildman–Crippen MR) is 80.2 cm³/mol. The molecule has 0 heterocycles. The third-order valence-corrected chi connectivity index (χ3v) is 3.14. The summed E-state index contributed by atoms with van der Waals surface area (Å²) in [6.07, 6.45) is 1.55. The van der Waals surface area contributed by atoms with Crippen LogP contribution in [0, 0.1) is 0 Å². The molecule has 1 aromatic rings. The number of aliphatic hydroxyl groups is 1. The largest absolute Gasteiger partial charge is 0.491 e. The third-order valence-electron chi connectivity index (χ3n) is 3.14. The van der Waals surface area contributed by atoms with Crippen molar-refractivity contribution in [3.05, 3.63) is 24.3 Å². The van der Waals surface area contributed by atoms with Crippen molar-refractivity contribution in [2.24, 2.45) is 0 Å². The van der Waals surface area contributed by atoms with Gasteiger partial charge in [-0.25, -0.2) is 4.79 Å². The second kappa shape index (κ2) is 7.75. The normalized spacial score (nSPS) is 13.4. The van der Waals surface area contributed by atoms with E-state index in [0.29, 0.717) is 24.5 Å². The second-order valence-electron chi connectivity index (χ2n) is 5.00. The summed E-state index contributed by atoms with van der Waals surface area (Å²) in [5, 5.41) is 14.8. The number of urea groups is 1. The molecule has 3 N–H and O–H groups in total. The van der Waals surface area contributed by atoms with E-state index in [4.69, 9.17) is 4.74 Å². The van der Waals surface area contributed by atoms with Crippen LogP contribution in [0.4, 0.5) is 10.5 Å². The Bertz CT molecular complexity index is 431. The summed E-state index contributed by atoms with van der Waals surface area (Å²) in [7, 11) is 0. The molecular weight excluding hydrogens is 256 g/mol. The molecule has 0 bridgehead atoms. The fourth-order valence-electron chi connectivity index (χ4n) is 1.58. The summed E-state index contributed by atoms with van der Waals surface area (Å²) in [6, 6.07) is 6.94. The molecule has 0 spiro atoms. The first-order valence-corrected chi connectivity index (χ1v) is 6.96. The molecule has 5 nitrogen and oxygen atoms in total. The van der Waals surface area contributed by atoms with Gasteiger partial charge >= 0.3 is 6.03 Å². The van der Waals surface area contributed by atoms with Crippen LogP contribution in [0.1, 0.15) is 33.6 Å². The van der Waals surface area contributed by atoms with Crippen molar-refractivity contribution < 1.29 is 14.6 Å². The first-order chi connectivity index (χ1) is 9.54. The average molecular weight is 280 g/mol. The van der Waals surface area contributed by atoms with E-state index >= 15 is 0 Å². The van der Waals surface area contributed by atoms with Crippen LogP contribution in [0.5, 0.6) is 5.75 Å². The van der Waals surface area contributed by atoms with Crippen LogP contribution in [0.25, 0.3) is 0 Å². The lowest BCUT2D eigenvalue weighted by Gasteiger charge is -2.27. The SMILES string of the molecule is CCCOc1ccccc1NC(=O)NC(C)(CC)CO. The van der Waals surface area contributed by atoms with Crippen LogP contribution in [-0.4, -0.2) is 29.9 Å². The van der Waals surface area contributed by atoms with Crippen LogP contribution in [-0.2, 0) is 0 Å². The van der Waals surface area contributed by atoms with E-state index in [0.717, 1.165) is 6.42 Å². The van der Waals surface area contributed by atoms with Gasteiger partial charge in [0.1, 0.15) is 5.75 Å². The highest BCUT2D eigenvalue weighted by molar-refractivity contribution is 5.91. The van der Waals surface area contributed by atoms with E-state index in [9.17, 15) is 9.90 Å². The lowest BCUT2D eigenvalue weighted by Crippen LogP contribution is -2.50. The molecule has 20 heavy (non-hydrogen) atoms. The Kier molecular flexibility index (Phi) is 6.31. The Labute approximate surface area is 120 Å². The summed E-state index contributed by atoms with van der Waals surface area (Å²) in [5.41, 5.74) is -0.00150. The Morgan fingerprint density at radius 2 is 2.05 bits per heavy atom. The second-order valence-corrected chi connectivity index (χ2v) is 5.00. The highest BCUT2D eigenvalue weighted by Crippen LogP contribution is 2.24. The van der Waals surface area contributed by atoms with E-state index in [-0.39, 0.29) is 12.6 Å². The number of hydrogen-bond donors (Lipinski definition) is 3. The van der Waals surface area contributed by atoms with Crippen LogP contribution >= 0.6 is 0 Å². The van der Waals surface area contributed by atoms with Crippen molar-refractivity contribution in [2.45, 2.75) is 39.2 Å². The zero-order valence-electron chi connectivity index (χ0n) is 12.4. The van der Waals surface area contributed by atoms with Gasteiger partial charge < -0.3 is 20.5 Å². The summed E-state index contributed by atoms with van der Waals surface area (Å²) in [4.78, 5) is 12.0. The number of aliphatic hydroxyl groups excluding tert-OH is 1. The molecular formula is C15H24N2O3. The zero-order valence-corrected chi connectivity index (χ0v) is 12.4. The fourth-order valence-corrected chi connectivity index (χ4v) is 1.58. The topological polar surface area (TPSA) is 70.6 Å². The summed E-state index contributed by atoms with van der Waals surface area (Å²) in [5.74, 6) is 0.645. The molecule has 1 rings (SSSR count). The Morgan fingerprint density at radius 3 is 2.65 bits per heavy atom. The predicted octanol–water partition coefficient (Wildman–Crippen LogP) is 2.76. The summed E-state index contributed by atoms with van der Waals surface area (Å²) < 4.78 is 5.58. The van der Waals surface area contributed by atoms with Crippen LogP contribution in [0.15, 0.2) is 24.3 Å². The van der Waals surface area contributed by atoms with Crippen LogP contribution in [0.2, 0.25) is 0 Å². The molecule has 0 aliphatic carbocycles. The molecule has 112 valence electrons. The van der Waals surface area contributed by atoms with Crippen molar-refractivity contribution in [3.8, 4) is 5.75 Å². The van der Waals surface area contributed by atoms with Crippen LogP contribution in [0.3, 0.4) is 0 Å². The van der Waals surface area contributed by atoms with E-state index in [2.05, 4.69) is 10.6 Å². The Balaban J connectivity index is 2.70. The van der Waals surface area contributed by atoms with E-state index < -0.39 is 5.54 Å². The quantitative estimate of drug-likeness (QED) is 0.719. The fraction of sp³-hybridized carbons (Fsp3) is 0.533.